The van der Waals surface area contributed by atoms with Gasteiger partial charge in [-0.2, -0.15) is 0 Å². The molecule has 1 aliphatic heterocycles. The summed E-state index contributed by atoms with van der Waals surface area (Å²) in [5.74, 6) is 1.94. The molecular weight excluding hydrogens is 430 g/mol. The Morgan fingerprint density at radius 2 is 1.91 bits per heavy atom. The molecule has 0 spiro atoms. The van der Waals surface area contributed by atoms with Crippen molar-refractivity contribution in [2.75, 3.05) is 52.7 Å². The van der Waals surface area contributed by atoms with Crippen molar-refractivity contribution >= 4 is 34.7 Å². The summed E-state index contributed by atoms with van der Waals surface area (Å²) >= 11 is 1.47. The van der Waals surface area contributed by atoms with Gasteiger partial charge in [-0.05, 0) is 30.0 Å². The number of nitrogens with two attached hydrogens (primary N) is 1. The van der Waals surface area contributed by atoms with E-state index in [1.807, 2.05) is 23.1 Å². The number of fused-ring (bicyclic) bond motifs is 1. The van der Waals surface area contributed by atoms with E-state index in [0.717, 1.165) is 54.3 Å². The molecule has 0 radical (unpaired) electrons. The molecule has 11 heteroatoms. The SMILES string of the molecule is COc1ccc(OC)c(Sc2nc3c(N)ncnc3n2CCN2CCN(C(C)=O)CC2)c1. The van der Waals surface area contributed by atoms with Crippen molar-refractivity contribution in [3.05, 3.63) is 24.5 Å². The minimum Gasteiger partial charge on any atom is -0.497 e. The van der Waals surface area contributed by atoms with Gasteiger partial charge in [-0.3, -0.25) is 9.69 Å². The largest absolute Gasteiger partial charge is 0.497 e. The van der Waals surface area contributed by atoms with E-state index < -0.39 is 0 Å². The van der Waals surface area contributed by atoms with Gasteiger partial charge in [0.15, 0.2) is 22.1 Å². The molecule has 0 atom stereocenters. The van der Waals surface area contributed by atoms with Crippen molar-refractivity contribution in [1.29, 1.82) is 0 Å². The van der Waals surface area contributed by atoms with E-state index in [4.69, 9.17) is 20.2 Å². The van der Waals surface area contributed by atoms with E-state index in [1.54, 1.807) is 21.1 Å². The number of anilines is 1. The highest BCUT2D eigenvalue weighted by Crippen LogP contribution is 2.38. The molecule has 2 N–H and O–H groups in total. The first-order chi connectivity index (χ1) is 15.5. The Labute approximate surface area is 190 Å². The molecule has 1 amide bonds. The minimum atomic E-state index is 0.128. The van der Waals surface area contributed by atoms with Gasteiger partial charge in [0.05, 0.1) is 19.1 Å². The number of methoxy groups -OCH3 is 2. The number of rotatable bonds is 7. The first kappa shape index (κ1) is 22.2. The molecule has 170 valence electrons. The van der Waals surface area contributed by atoms with Crippen LogP contribution in [-0.4, -0.2) is 82.2 Å². The minimum absolute atomic E-state index is 0.128. The number of carbonyl (C=O) groups excluding carboxylic acids is 1. The summed E-state index contributed by atoms with van der Waals surface area (Å²) in [6.45, 7) is 6.29. The highest BCUT2D eigenvalue weighted by atomic mass is 32.2. The summed E-state index contributed by atoms with van der Waals surface area (Å²) in [7, 11) is 3.27. The fourth-order valence-corrected chi connectivity index (χ4v) is 4.75. The van der Waals surface area contributed by atoms with Crippen LogP contribution in [0.15, 0.2) is 34.6 Å². The zero-order valence-electron chi connectivity index (χ0n) is 18.4. The van der Waals surface area contributed by atoms with Gasteiger partial charge in [0, 0.05) is 46.2 Å². The van der Waals surface area contributed by atoms with Gasteiger partial charge in [-0.15, -0.1) is 0 Å². The summed E-state index contributed by atoms with van der Waals surface area (Å²) in [4.78, 5) is 30.0. The van der Waals surface area contributed by atoms with Gasteiger partial charge < -0.3 is 24.7 Å². The maximum atomic E-state index is 11.6. The lowest BCUT2D eigenvalue weighted by molar-refractivity contribution is -0.130. The van der Waals surface area contributed by atoms with Crippen molar-refractivity contribution in [3.8, 4) is 11.5 Å². The van der Waals surface area contributed by atoms with Gasteiger partial charge in [0.1, 0.15) is 17.8 Å². The highest BCUT2D eigenvalue weighted by molar-refractivity contribution is 7.99. The van der Waals surface area contributed by atoms with E-state index in [2.05, 4.69) is 19.4 Å². The third-order valence-electron chi connectivity index (χ3n) is 5.55. The van der Waals surface area contributed by atoms with Gasteiger partial charge in [-0.1, -0.05) is 0 Å². The normalized spacial score (nSPS) is 14.7. The molecule has 3 heterocycles. The van der Waals surface area contributed by atoms with Crippen LogP contribution in [0.1, 0.15) is 6.92 Å². The molecule has 1 saturated heterocycles. The first-order valence-corrected chi connectivity index (χ1v) is 11.2. The number of ether oxygens (including phenoxy) is 2. The van der Waals surface area contributed by atoms with E-state index in [9.17, 15) is 4.79 Å². The maximum absolute atomic E-state index is 11.6. The zero-order valence-corrected chi connectivity index (χ0v) is 19.3. The second kappa shape index (κ2) is 9.61. The molecule has 1 aliphatic rings. The third-order valence-corrected chi connectivity index (χ3v) is 6.59. The number of benzene rings is 1. The van der Waals surface area contributed by atoms with Gasteiger partial charge in [0.2, 0.25) is 5.91 Å². The standard InChI is InChI=1S/C21H27N7O3S/c1-14(29)27-9-6-26(7-10-27)8-11-28-20-18(19(22)23-13-24-20)25-21(28)32-17-12-15(30-2)4-5-16(17)31-3/h4-5,12-13H,6-11H2,1-3H3,(H2,22,23,24). The summed E-state index contributed by atoms with van der Waals surface area (Å²) in [5.41, 5.74) is 7.37. The summed E-state index contributed by atoms with van der Waals surface area (Å²) in [6, 6.07) is 5.65. The van der Waals surface area contributed by atoms with Crippen LogP contribution >= 0.6 is 11.8 Å². The van der Waals surface area contributed by atoms with Crippen molar-refractivity contribution in [2.24, 2.45) is 0 Å². The van der Waals surface area contributed by atoms with Crippen LogP contribution in [0, 0.1) is 0 Å². The maximum Gasteiger partial charge on any atom is 0.219 e. The van der Waals surface area contributed by atoms with Crippen LogP contribution in [0.2, 0.25) is 0 Å². The predicted octanol–water partition coefficient (Wildman–Crippen LogP) is 1.74. The fraction of sp³-hybridized carbons (Fsp3) is 0.429. The lowest BCUT2D eigenvalue weighted by Crippen LogP contribution is -2.48. The zero-order chi connectivity index (χ0) is 22.7. The fourth-order valence-electron chi connectivity index (χ4n) is 3.70. The van der Waals surface area contributed by atoms with Crippen molar-refractivity contribution < 1.29 is 14.3 Å². The summed E-state index contributed by atoms with van der Waals surface area (Å²) in [6.07, 6.45) is 1.46. The lowest BCUT2D eigenvalue weighted by Gasteiger charge is -2.34. The first-order valence-electron chi connectivity index (χ1n) is 10.3. The number of amides is 1. The molecule has 0 saturated carbocycles. The molecule has 2 aromatic heterocycles. The molecule has 1 aromatic carbocycles. The topological polar surface area (TPSA) is 112 Å². The number of nitrogens with zero attached hydrogens (tertiary/aromatic N) is 6. The lowest BCUT2D eigenvalue weighted by atomic mass is 10.3. The van der Waals surface area contributed by atoms with Crippen LogP contribution in [0.25, 0.3) is 11.2 Å². The van der Waals surface area contributed by atoms with Gasteiger partial charge in [-0.25, -0.2) is 15.0 Å². The van der Waals surface area contributed by atoms with Crippen molar-refractivity contribution in [3.63, 3.8) is 0 Å². The smallest absolute Gasteiger partial charge is 0.219 e. The number of nitrogen functional groups attached to an aromatic ring is 1. The van der Waals surface area contributed by atoms with Gasteiger partial charge >= 0.3 is 0 Å². The van der Waals surface area contributed by atoms with Crippen LogP contribution in [0.3, 0.4) is 0 Å². The second-order valence-electron chi connectivity index (χ2n) is 7.44. The Kier molecular flexibility index (Phi) is 6.66. The second-order valence-corrected chi connectivity index (χ2v) is 8.45. The molecule has 4 rings (SSSR count). The highest BCUT2D eigenvalue weighted by Gasteiger charge is 2.21. The molecule has 1 fully saturated rings. The predicted molar refractivity (Wildman–Crippen MR) is 122 cm³/mol. The van der Waals surface area contributed by atoms with Gasteiger partial charge in [0.25, 0.3) is 0 Å². The number of imidazole rings is 1. The molecule has 0 bridgehead atoms. The number of carbonyl (C=O) groups is 1. The quantitative estimate of drug-likeness (QED) is 0.567. The number of hydrogen-bond donors (Lipinski definition) is 1. The Balaban J connectivity index is 1.60. The van der Waals surface area contributed by atoms with E-state index >= 15 is 0 Å². The molecule has 0 unspecified atom stereocenters. The Hall–Kier alpha value is -3.05. The Morgan fingerprint density at radius 3 is 2.59 bits per heavy atom. The average Bonchev–Trinajstić information content (AvgIpc) is 3.16. The Morgan fingerprint density at radius 1 is 1.12 bits per heavy atom. The monoisotopic (exact) mass is 457 g/mol. The van der Waals surface area contributed by atoms with Crippen LogP contribution in [0.5, 0.6) is 11.5 Å². The molecule has 32 heavy (non-hydrogen) atoms. The molecular formula is C21H27N7O3S. The van der Waals surface area contributed by atoms with E-state index in [1.165, 1.54) is 18.1 Å². The van der Waals surface area contributed by atoms with Crippen molar-refractivity contribution in [1.82, 2.24) is 29.3 Å². The molecule has 0 aliphatic carbocycles. The number of hydrogen-bond acceptors (Lipinski definition) is 9. The summed E-state index contributed by atoms with van der Waals surface area (Å²) in [5, 5.41) is 0.751. The molecule has 10 nitrogen and oxygen atoms in total. The van der Waals surface area contributed by atoms with Crippen LogP contribution in [-0.2, 0) is 11.3 Å². The van der Waals surface area contributed by atoms with E-state index in [0.29, 0.717) is 23.5 Å². The Bertz CT molecular complexity index is 1110. The summed E-state index contributed by atoms with van der Waals surface area (Å²) < 4.78 is 13.0. The number of aromatic nitrogens is 4. The van der Waals surface area contributed by atoms with Crippen molar-refractivity contribution in [2.45, 2.75) is 23.5 Å². The van der Waals surface area contributed by atoms with E-state index in [-0.39, 0.29) is 5.91 Å². The average molecular weight is 458 g/mol. The van der Waals surface area contributed by atoms with Crippen LogP contribution in [0.4, 0.5) is 5.82 Å². The molecule has 3 aromatic rings. The third kappa shape index (κ3) is 4.58. The van der Waals surface area contributed by atoms with Crippen LogP contribution < -0.4 is 15.2 Å². The number of piperazine rings is 1.